The number of hydrogen-bond acceptors (Lipinski definition) is 6. The molecule has 2 rings (SSSR count). The fraction of sp³-hybridized carbons (Fsp3) is 0. The molecule has 23 heavy (non-hydrogen) atoms. The molecule has 0 saturated heterocycles. The van der Waals surface area contributed by atoms with Crippen molar-refractivity contribution in [3.8, 4) is 0 Å². The first-order chi connectivity index (χ1) is 10.00. The van der Waals surface area contributed by atoms with E-state index in [9.17, 15) is 25.9 Å². The third kappa shape index (κ3) is 8.70. The van der Waals surface area contributed by atoms with Crippen LogP contribution in [0.1, 0.15) is 0 Å². The van der Waals surface area contributed by atoms with Gasteiger partial charge in [-0.25, -0.2) is 16.8 Å². The molecule has 2 aromatic carbocycles. The van der Waals surface area contributed by atoms with Crippen molar-refractivity contribution >= 4 is 52.1 Å². The van der Waals surface area contributed by atoms with Crippen LogP contribution in [-0.4, -0.2) is 25.9 Å². The average molecular weight is 673 g/mol. The van der Waals surface area contributed by atoms with Gasteiger partial charge in [0.05, 0.1) is 9.79 Å². The van der Waals surface area contributed by atoms with Crippen molar-refractivity contribution in [2.75, 3.05) is 0 Å². The Morgan fingerprint density at radius 2 is 1.00 bits per heavy atom. The largest absolute Gasteiger partial charge is 2.00 e. The van der Waals surface area contributed by atoms with Gasteiger partial charge >= 0.3 is 27.7 Å². The molecule has 0 unspecified atom stereocenters. The molecule has 0 N–H and O–H groups in total. The average Bonchev–Trinajstić information content (AvgIpc) is 2.37. The number of rotatable bonds is 2. The van der Waals surface area contributed by atoms with Crippen LogP contribution in [0.5, 0.6) is 0 Å². The van der Waals surface area contributed by atoms with Gasteiger partial charge < -0.3 is 9.11 Å². The summed E-state index contributed by atoms with van der Waals surface area (Å²) in [5.74, 6) is 0. The van der Waals surface area contributed by atoms with Gasteiger partial charge in [0, 0.05) is 8.95 Å². The van der Waals surface area contributed by atoms with E-state index in [1.54, 1.807) is 12.1 Å². The normalized spacial score (nSPS) is 11.0. The van der Waals surface area contributed by atoms with Gasteiger partial charge in [0.1, 0.15) is 20.2 Å². The summed E-state index contributed by atoms with van der Waals surface area (Å²) in [5.41, 5.74) is 0. The van der Waals surface area contributed by atoms with Gasteiger partial charge in [0.15, 0.2) is 0 Å². The quantitative estimate of drug-likeness (QED) is 0.358. The Morgan fingerprint density at radius 3 is 1.17 bits per heavy atom. The van der Waals surface area contributed by atoms with Crippen LogP contribution in [0.3, 0.4) is 0 Å². The third-order valence-electron chi connectivity index (χ3n) is 2.17. The first kappa shape index (κ1) is 23.2. The van der Waals surface area contributed by atoms with Crippen molar-refractivity contribution in [1.29, 1.82) is 0 Å². The maximum Gasteiger partial charge on any atom is 2.00 e. The summed E-state index contributed by atoms with van der Waals surface area (Å²) in [6.07, 6.45) is 0. The maximum absolute atomic E-state index is 10.4. The molecule has 0 aliphatic rings. The molecule has 0 fully saturated rings. The molecule has 0 aliphatic carbocycles. The summed E-state index contributed by atoms with van der Waals surface area (Å²) in [6, 6.07) is 11.3. The van der Waals surface area contributed by atoms with Crippen molar-refractivity contribution in [2.45, 2.75) is 9.79 Å². The molecule has 0 heterocycles. The smallest absolute Gasteiger partial charge is 0.744 e. The van der Waals surface area contributed by atoms with Crippen LogP contribution in [-0.2, 0) is 47.9 Å². The monoisotopic (exact) mass is 672 g/mol. The maximum atomic E-state index is 10.4. The van der Waals surface area contributed by atoms with E-state index in [1.807, 2.05) is 0 Å². The van der Waals surface area contributed by atoms with Gasteiger partial charge in [-0.3, -0.25) is 0 Å². The molecular weight excluding hydrogens is 665 g/mol. The fourth-order valence-corrected chi connectivity index (χ4v) is 3.38. The zero-order chi connectivity index (χ0) is 17.0. The van der Waals surface area contributed by atoms with Gasteiger partial charge in [0.25, 0.3) is 0 Å². The van der Waals surface area contributed by atoms with Crippen LogP contribution in [0.4, 0.5) is 0 Å². The molecule has 0 spiro atoms. The SMILES string of the molecule is O=S(=O)([O-])c1cccc(Br)c1.O=S(=O)([O-])c1cccc(Br)c1.[Hg+2]. The Hall–Kier alpha value is 0.155. The van der Waals surface area contributed by atoms with Crippen LogP contribution in [0.15, 0.2) is 67.3 Å². The van der Waals surface area contributed by atoms with E-state index in [4.69, 9.17) is 0 Å². The van der Waals surface area contributed by atoms with Crippen molar-refractivity contribution in [3.63, 3.8) is 0 Å². The van der Waals surface area contributed by atoms with Crippen LogP contribution in [0.2, 0.25) is 0 Å². The fourth-order valence-electron chi connectivity index (χ4n) is 1.25. The molecule has 2 aromatic rings. The molecular formula is C12H8Br2HgO6S2. The number of halogens is 2. The second-order valence-corrected chi connectivity index (χ2v) is 8.41. The second kappa shape index (κ2) is 9.59. The Balaban J connectivity index is 0.000000403. The summed E-state index contributed by atoms with van der Waals surface area (Å²) < 4.78 is 63.6. The molecule has 0 aromatic heterocycles. The van der Waals surface area contributed by atoms with Crippen molar-refractivity contribution < 1.29 is 53.6 Å². The Bertz CT molecular complexity index is 795. The molecule has 0 saturated carbocycles. The minimum Gasteiger partial charge on any atom is -0.744 e. The molecule has 0 bridgehead atoms. The number of benzene rings is 2. The van der Waals surface area contributed by atoms with Crippen LogP contribution < -0.4 is 0 Å². The zero-order valence-electron chi connectivity index (χ0n) is 11.3. The van der Waals surface area contributed by atoms with Crippen molar-refractivity contribution in [1.82, 2.24) is 0 Å². The molecule has 120 valence electrons. The minimum atomic E-state index is -4.31. The van der Waals surface area contributed by atoms with Gasteiger partial charge in [-0.1, -0.05) is 44.0 Å². The summed E-state index contributed by atoms with van der Waals surface area (Å²) in [5, 5.41) is 0. The van der Waals surface area contributed by atoms with E-state index in [0.717, 1.165) is 0 Å². The first-order valence-electron chi connectivity index (χ1n) is 5.43. The topological polar surface area (TPSA) is 114 Å². The molecule has 6 nitrogen and oxygen atoms in total. The van der Waals surface area contributed by atoms with E-state index in [2.05, 4.69) is 31.9 Å². The van der Waals surface area contributed by atoms with E-state index < -0.39 is 20.2 Å². The first-order valence-corrected chi connectivity index (χ1v) is 9.83. The predicted molar refractivity (Wildman–Crippen MR) is 84.2 cm³/mol. The molecule has 0 amide bonds. The van der Waals surface area contributed by atoms with Crippen LogP contribution >= 0.6 is 31.9 Å². The van der Waals surface area contributed by atoms with E-state index in [0.29, 0.717) is 8.95 Å². The van der Waals surface area contributed by atoms with Gasteiger partial charge in [-0.15, -0.1) is 0 Å². The molecule has 0 radical (unpaired) electrons. The standard InChI is InChI=1S/2C6H5BrO3S.Hg/c2*7-5-2-1-3-6(4-5)11(8,9)10;/h2*1-4H,(H,8,9,10);/q;;+2/p-2. The van der Waals surface area contributed by atoms with Gasteiger partial charge in [-0.05, 0) is 36.4 Å². The predicted octanol–water partition coefficient (Wildman–Crippen LogP) is 2.70. The molecule has 11 heteroatoms. The van der Waals surface area contributed by atoms with Crippen LogP contribution in [0, 0.1) is 0 Å². The van der Waals surface area contributed by atoms with Gasteiger partial charge in [0.2, 0.25) is 0 Å². The molecule has 0 atom stereocenters. The van der Waals surface area contributed by atoms with Crippen molar-refractivity contribution in [3.05, 3.63) is 57.5 Å². The Kier molecular flexibility index (Phi) is 9.65. The van der Waals surface area contributed by atoms with E-state index >= 15 is 0 Å². The summed E-state index contributed by atoms with van der Waals surface area (Å²) in [4.78, 5) is -0.432. The van der Waals surface area contributed by atoms with E-state index in [-0.39, 0.29) is 37.5 Å². The Labute approximate surface area is 171 Å². The summed E-state index contributed by atoms with van der Waals surface area (Å²) in [6.45, 7) is 0. The van der Waals surface area contributed by atoms with Gasteiger partial charge in [-0.2, -0.15) is 0 Å². The number of hydrogen-bond donors (Lipinski definition) is 0. The third-order valence-corrected chi connectivity index (χ3v) is 4.82. The second-order valence-electron chi connectivity index (χ2n) is 3.82. The van der Waals surface area contributed by atoms with Crippen LogP contribution in [0.25, 0.3) is 0 Å². The zero-order valence-corrected chi connectivity index (χ0v) is 21.7. The summed E-state index contributed by atoms with van der Waals surface area (Å²) >= 11 is 6.10. The summed E-state index contributed by atoms with van der Waals surface area (Å²) in [7, 11) is -8.61. The Morgan fingerprint density at radius 1 is 0.696 bits per heavy atom. The van der Waals surface area contributed by atoms with Crippen molar-refractivity contribution in [2.24, 2.45) is 0 Å². The molecule has 0 aliphatic heterocycles. The minimum absolute atomic E-state index is 0. The van der Waals surface area contributed by atoms with E-state index in [1.165, 1.54) is 36.4 Å².